The molecule has 0 aliphatic carbocycles. The SMILES string of the molecule is CCCn1cc(NC(=O)c2cccc(-c3cc(C#N)ccn3)c2)cn1.O=CO. The Hall–Kier alpha value is -3.99. The van der Waals surface area contributed by atoms with Crippen LogP contribution >= 0.6 is 0 Å². The number of aromatic nitrogens is 3. The van der Waals surface area contributed by atoms with Crippen molar-refractivity contribution in [1.29, 1.82) is 5.26 Å². The fraction of sp³-hybridized carbons (Fsp3) is 0.150. The van der Waals surface area contributed by atoms with E-state index in [4.69, 9.17) is 15.2 Å². The number of carbonyl (C=O) groups is 2. The number of carboxylic acid groups (broad SMARTS) is 1. The zero-order valence-corrected chi connectivity index (χ0v) is 15.2. The van der Waals surface area contributed by atoms with E-state index in [1.54, 1.807) is 47.4 Å². The molecule has 2 N–H and O–H groups in total. The van der Waals surface area contributed by atoms with Gasteiger partial charge in [0.25, 0.3) is 12.4 Å². The largest absolute Gasteiger partial charge is 0.483 e. The topological polar surface area (TPSA) is 121 Å². The first kappa shape index (κ1) is 20.3. The number of carbonyl (C=O) groups excluding carboxylic acids is 1. The Kier molecular flexibility index (Phi) is 7.43. The first-order valence-electron chi connectivity index (χ1n) is 8.49. The number of benzene rings is 1. The summed E-state index contributed by atoms with van der Waals surface area (Å²) in [6.45, 7) is 2.63. The minimum absolute atomic E-state index is 0.214. The van der Waals surface area contributed by atoms with E-state index in [0.29, 0.717) is 22.5 Å². The van der Waals surface area contributed by atoms with E-state index in [1.165, 1.54) is 0 Å². The smallest absolute Gasteiger partial charge is 0.290 e. The number of pyridine rings is 1. The van der Waals surface area contributed by atoms with Crippen molar-refractivity contribution in [3.05, 3.63) is 66.1 Å². The van der Waals surface area contributed by atoms with Crippen molar-refractivity contribution in [2.24, 2.45) is 0 Å². The van der Waals surface area contributed by atoms with Gasteiger partial charge in [-0.15, -0.1) is 0 Å². The van der Waals surface area contributed by atoms with Gasteiger partial charge in [0.05, 0.1) is 29.2 Å². The Bertz CT molecular complexity index is 991. The molecule has 0 atom stereocenters. The van der Waals surface area contributed by atoms with Crippen LogP contribution in [-0.2, 0) is 11.3 Å². The molecular formula is C20H19N5O3. The second-order valence-corrected chi connectivity index (χ2v) is 5.67. The highest BCUT2D eigenvalue weighted by Gasteiger charge is 2.10. The standard InChI is InChI=1S/C19H17N5O.CH2O2/c1-2-8-24-13-17(12-22-24)23-19(25)16-5-3-4-15(10-16)18-9-14(11-20)6-7-21-18;2-1-3/h3-7,9-10,12-13H,2,8H2,1H3,(H,23,25);1H,(H,2,3). The third kappa shape index (κ3) is 5.51. The molecular weight excluding hydrogens is 358 g/mol. The van der Waals surface area contributed by atoms with Gasteiger partial charge in [-0.25, -0.2) is 0 Å². The van der Waals surface area contributed by atoms with Gasteiger partial charge < -0.3 is 10.4 Å². The summed E-state index contributed by atoms with van der Waals surface area (Å²) in [5, 5.41) is 22.9. The molecule has 3 rings (SSSR count). The maximum Gasteiger partial charge on any atom is 0.290 e. The minimum Gasteiger partial charge on any atom is -0.483 e. The lowest BCUT2D eigenvalue weighted by Gasteiger charge is -2.06. The third-order valence-electron chi connectivity index (χ3n) is 3.65. The molecule has 3 aromatic rings. The van der Waals surface area contributed by atoms with E-state index in [2.05, 4.69) is 28.4 Å². The molecule has 2 aromatic heterocycles. The lowest BCUT2D eigenvalue weighted by atomic mass is 10.1. The number of hydrogen-bond acceptors (Lipinski definition) is 5. The Morgan fingerprint density at radius 2 is 2.14 bits per heavy atom. The Morgan fingerprint density at radius 3 is 2.86 bits per heavy atom. The van der Waals surface area contributed by atoms with Crippen LogP contribution in [-0.4, -0.2) is 32.3 Å². The molecule has 0 saturated carbocycles. The van der Waals surface area contributed by atoms with E-state index < -0.39 is 0 Å². The van der Waals surface area contributed by atoms with Crippen LogP contribution in [0.25, 0.3) is 11.3 Å². The van der Waals surface area contributed by atoms with Crippen LogP contribution in [0.15, 0.2) is 55.0 Å². The van der Waals surface area contributed by atoms with E-state index in [9.17, 15) is 4.79 Å². The van der Waals surface area contributed by atoms with Crippen molar-refractivity contribution >= 4 is 18.1 Å². The monoisotopic (exact) mass is 377 g/mol. The van der Waals surface area contributed by atoms with Crippen LogP contribution in [0.2, 0.25) is 0 Å². The number of nitriles is 1. The van der Waals surface area contributed by atoms with Crippen molar-refractivity contribution < 1.29 is 14.7 Å². The van der Waals surface area contributed by atoms with Gasteiger partial charge in [-0.05, 0) is 30.7 Å². The molecule has 8 heteroatoms. The van der Waals surface area contributed by atoms with E-state index in [1.807, 2.05) is 12.3 Å². The fourth-order valence-corrected chi connectivity index (χ4v) is 2.46. The van der Waals surface area contributed by atoms with Crippen LogP contribution < -0.4 is 5.32 Å². The molecule has 8 nitrogen and oxygen atoms in total. The van der Waals surface area contributed by atoms with Crippen molar-refractivity contribution in [2.45, 2.75) is 19.9 Å². The Labute approximate surface area is 162 Å². The molecule has 0 aliphatic heterocycles. The van der Waals surface area contributed by atoms with Crippen molar-refractivity contribution in [3.8, 4) is 17.3 Å². The molecule has 1 aromatic carbocycles. The second-order valence-electron chi connectivity index (χ2n) is 5.67. The molecule has 0 aliphatic rings. The number of hydrogen-bond donors (Lipinski definition) is 2. The van der Waals surface area contributed by atoms with Gasteiger partial charge in [0.2, 0.25) is 0 Å². The number of amides is 1. The second kappa shape index (κ2) is 10.2. The number of rotatable bonds is 5. The number of nitrogens with zero attached hydrogens (tertiary/aromatic N) is 4. The number of aryl methyl sites for hydroxylation is 1. The Balaban J connectivity index is 0.000000878. The predicted molar refractivity (Wildman–Crippen MR) is 104 cm³/mol. The van der Waals surface area contributed by atoms with Gasteiger partial charge in [0.15, 0.2) is 0 Å². The molecule has 0 fully saturated rings. The number of anilines is 1. The molecule has 0 saturated heterocycles. The van der Waals surface area contributed by atoms with Crippen LogP contribution in [0.5, 0.6) is 0 Å². The van der Waals surface area contributed by atoms with E-state index in [-0.39, 0.29) is 12.4 Å². The molecule has 0 spiro atoms. The van der Waals surface area contributed by atoms with E-state index in [0.717, 1.165) is 18.5 Å². The van der Waals surface area contributed by atoms with Crippen molar-refractivity contribution in [3.63, 3.8) is 0 Å². The van der Waals surface area contributed by atoms with Gasteiger partial charge in [0, 0.05) is 30.1 Å². The van der Waals surface area contributed by atoms with Gasteiger partial charge in [0.1, 0.15) is 0 Å². The maximum atomic E-state index is 12.5. The maximum absolute atomic E-state index is 12.5. The summed E-state index contributed by atoms with van der Waals surface area (Å²) >= 11 is 0. The average molecular weight is 377 g/mol. The van der Waals surface area contributed by atoms with E-state index >= 15 is 0 Å². The summed E-state index contributed by atoms with van der Waals surface area (Å²) in [5.74, 6) is -0.214. The minimum atomic E-state index is -0.250. The number of nitrogens with one attached hydrogen (secondary N) is 1. The average Bonchev–Trinajstić information content (AvgIpc) is 3.16. The summed E-state index contributed by atoms with van der Waals surface area (Å²) in [4.78, 5) is 25.1. The molecule has 28 heavy (non-hydrogen) atoms. The highest BCUT2D eigenvalue weighted by atomic mass is 16.3. The molecule has 2 heterocycles. The summed E-state index contributed by atoms with van der Waals surface area (Å²) in [7, 11) is 0. The lowest BCUT2D eigenvalue weighted by molar-refractivity contribution is -0.122. The van der Waals surface area contributed by atoms with Gasteiger partial charge in [-0.2, -0.15) is 10.4 Å². The van der Waals surface area contributed by atoms with Crippen LogP contribution in [0, 0.1) is 11.3 Å². The first-order chi connectivity index (χ1) is 13.6. The molecule has 0 radical (unpaired) electrons. The normalized spacial score (nSPS) is 9.57. The fourth-order valence-electron chi connectivity index (χ4n) is 2.46. The van der Waals surface area contributed by atoms with Gasteiger partial charge in [-0.1, -0.05) is 19.1 Å². The van der Waals surface area contributed by atoms with Gasteiger partial charge in [-0.3, -0.25) is 19.3 Å². The zero-order valence-electron chi connectivity index (χ0n) is 15.2. The molecule has 0 bridgehead atoms. The van der Waals surface area contributed by atoms with Crippen LogP contribution in [0.1, 0.15) is 29.3 Å². The molecule has 0 unspecified atom stereocenters. The quantitative estimate of drug-likeness (QED) is 0.659. The van der Waals surface area contributed by atoms with Crippen molar-refractivity contribution in [2.75, 3.05) is 5.32 Å². The highest BCUT2D eigenvalue weighted by Crippen LogP contribution is 2.20. The summed E-state index contributed by atoms with van der Waals surface area (Å²) in [5.41, 5.74) is 3.15. The first-order valence-corrected chi connectivity index (χ1v) is 8.49. The summed E-state index contributed by atoms with van der Waals surface area (Å²) < 4.78 is 1.79. The molecule has 142 valence electrons. The van der Waals surface area contributed by atoms with Crippen molar-refractivity contribution in [1.82, 2.24) is 14.8 Å². The highest BCUT2D eigenvalue weighted by molar-refractivity contribution is 6.04. The van der Waals surface area contributed by atoms with Crippen LogP contribution in [0.4, 0.5) is 5.69 Å². The molecule has 1 amide bonds. The third-order valence-corrected chi connectivity index (χ3v) is 3.65. The predicted octanol–water partition coefficient (Wildman–Crippen LogP) is 3.18. The summed E-state index contributed by atoms with van der Waals surface area (Å²) in [6, 6.07) is 12.6. The van der Waals surface area contributed by atoms with Gasteiger partial charge >= 0.3 is 0 Å². The zero-order chi connectivity index (χ0) is 20.4. The Morgan fingerprint density at radius 1 is 1.36 bits per heavy atom. The summed E-state index contributed by atoms with van der Waals surface area (Å²) in [6.07, 6.45) is 6.01. The van der Waals surface area contributed by atoms with Crippen LogP contribution in [0.3, 0.4) is 0 Å². The lowest BCUT2D eigenvalue weighted by Crippen LogP contribution is -2.11.